The van der Waals surface area contributed by atoms with E-state index >= 15 is 0 Å². The zero-order valence-corrected chi connectivity index (χ0v) is 11.7. The van der Waals surface area contributed by atoms with Crippen LogP contribution >= 0.6 is 30.8 Å². The van der Waals surface area contributed by atoms with Crippen LogP contribution in [0.25, 0.3) is 0 Å². The first-order valence-corrected chi connectivity index (χ1v) is 6.92. The number of hydrogen-bond acceptors (Lipinski definition) is 4. The lowest BCUT2D eigenvalue weighted by Crippen LogP contribution is -2.07. The molecule has 94 valence electrons. The minimum absolute atomic E-state index is 0.197. The molecule has 0 saturated carbocycles. The molecule has 1 aromatic rings. The number of benzene rings is 1. The molecular formula is C10H11Cl2O4P. The maximum absolute atomic E-state index is 11.8. The van der Waals surface area contributed by atoms with E-state index in [1.807, 2.05) is 0 Å². The van der Waals surface area contributed by atoms with Crippen LogP contribution in [0.15, 0.2) is 18.2 Å². The molecule has 0 radical (unpaired) electrons. The van der Waals surface area contributed by atoms with Crippen molar-refractivity contribution < 1.29 is 18.4 Å². The van der Waals surface area contributed by atoms with Gasteiger partial charge in [-0.05, 0) is 17.7 Å². The van der Waals surface area contributed by atoms with Gasteiger partial charge in [0.1, 0.15) is 0 Å². The van der Waals surface area contributed by atoms with Crippen LogP contribution in [0, 0.1) is 0 Å². The van der Waals surface area contributed by atoms with Gasteiger partial charge in [0.25, 0.3) is 0 Å². The highest BCUT2D eigenvalue weighted by Gasteiger charge is 2.32. The van der Waals surface area contributed by atoms with Crippen LogP contribution in [-0.2, 0) is 24.8 Å². The van der Waals surface area contributed by atoms with Gasteiger partial charge in [0.05, 0.1) is 0 Å². The average Bonchev–Trinajstić information content (AvgIpc) is 2.32. The van der Waals surface area contributed by atoms with Crippen molar-refractivity contribution >= 4 is 36.3 Å². The third-order valence-electron chi connectivity index (χ3n) is 2.18. The van der Waals surface area contributed by atoms with Gasteiger partial charge in [0.15, 0.2) is 0 Å². The highest BCUT2D eigenvalue weighted by Crippen LogP contribution is 2.48. The van der Waals surface area contributed by atoms with Crippen LogP contribution in [0.4, 0.5) is 0 Å². The maximum atomic E-state index is 11.8. The van der Waals surface area contributed by atoms with Crippen LogP contribution in [-0.4, -0.2) is 19.7 Å². The third-order valence-corrected chi connectivity index (χ3v) is 4.61. The van der Waals surface area contributed by atoms with E-state index in [2.05, 4.69) is 9.05 Å². The molecule has 0 aliphatic rings. The van der Waals surface area contributed by atoms with Gasteiger partial charge in [-0.25, -0.2) is 0 Å². The zero-order valence-electron chi connectivity index (χ0n) is 9.28. The van der Waals surface area contributed by atoms with Crippen molar-refractivity contribution in [3.63, 3.8) is 0 Å². The molecule has 1 aromatic carbocycles. The summed E-state index contributed by atoms with van der Waals surface area (Å²) in [5.41, 5.74) is -0.271. The molecule has 0 atom stereocenters. The van der Waals surface area contributed by atoms with E-state index in [9.17, 15) is 9.36 Å². The van der Waals surface area contributed by atoms with Gasteiger partial charge in [-0.2, -0.15) is 0 Å². The molecule has 0 aliphatic carbocycles. The average molecular weight is 297 g/mol. The van der Waals surface area contributed by atoms with Crippen molar-refractivity contribution in [1.82, 2.24) is 0 Å². The Hall–Kier alpha value is -0.380. The predicted molar refractivity (Wildman–Crippen MR) is 66.8 cm³/mol. The molecule has 0 heterocycles. The van der Waals surface area contributed by atoms with Gasteiger partial charge < -0.3 is 9.05 Å². The quantitative estimate of drug-likeness (QED) is 0.780. The Bertz CT molecular complexity index is 447. The number of halogens is 2. The molecule has 0 aromatic heterocycles. The Morgan fingerprint density at radius 2 is 1.71 bits per heavy atom. The smallest absolute Gasteiger partial charge is 0.307 e. The van der Waals surface area contributed by atoms with Gasteiger partial charge >= 0.3 is 7.60 Å². The Morgan fingerprint density at radius 1 is 1.24 bits per heavy atom. The van der Waals surface area contributed by atoms with Crippen LogP contribution in [0.3, 0.4) is 0 Å². The summed E-state index contributed by atoms with van der Waals surface area (Å²) in [6.45, 7) is 0. The molecule has 17 heavy (non-hydrogen) atoms. The minimum Gasteiger partial charge on any atom is -0.307 e. The molecule has 1 rings (SSSR count). The van der Waals surface area contributed by atoms with Crippen molar-refractivity contribution in [3.8, 4) is 0 Å². The molecule has 0 unspecified atom stereocenters. The zero-order chi connectivity index (χ0) is 13.1. The number of hydrogen-bond donors (Lipinski definition) is 0. The molecule has 0 N–H and O–H groups in total. The van der Waals surface area contributed by atoms with E-state index in [4.69, 9.17) is 23.2 Å². The normalized spacial score (nSPS) is 11.5. The largest absolute Gasteiger partial charge is 0.396 e. The van der Waals surface area contributed by atoms with Gasteiger partial charge in [0.2, 0.25) is 5.52 Å². The van der Waals surface area contributed by atoms with Crippen molar-refractivity contribution in [1.29, 1.82) is 0 Å². The summed E-state index contributed by atoms with van der Waals surface area (Å²) in [6.07, 6.45) is -0.197. The summed E-state index contributed by atoms with van der Waals surface area (Å²) in [5, 5.41) is 0.675. The highest BCUT2D eigenvalue weighted by atomic mass is 35.5. The third kappa shape index (κ3) is 3.30. The van der Waals surface area contributed by atoms with Gasteiger partial charge in [0, 0.05) is 30.7 Å². The van der Waals surface area contributed by atoms with Crippen molar-refractivity contribution in [2.24, 2.45) is 0 Å². The first-order chi connectivity index (χ1) is 7.94. The molecule has 0 fully saturated rings. The fraction of sp³-hybridized carbons (Fsp3) is 0.300. The molecule has 0 aliphatic heterocycles. The van der Waals surface area contributed by atoms with Crippen LogP contribution in [0.1, 0.15) is 5.56 Å². The molecule has 0 spiro atoms. The number of carbonyl (C=O) groups excluding carboxylic acids is 1. The van der Waals surface area contributed by atoms with Crippen molar-refractivity contribution in [2.75, 3.05) is 14.2 Å². The molecular weight excluding hydrogens is 286 g/mol. The standard InChI is InChI=1S/C10H11Cl2O4P/c1-15-17(14,16-2)10(13)6-7-8(11)4-3-5-9(7)12/h3-5H,6H2,1-2H3. The first-order valence-electron chi connectivity index (χ1n) is 4.62. The Kier molecular flexibility index (Phi) is 5.17. The lowest BCUT2D eigenvalue weighted by molar-refractivity contribution is -0.113. The lowest BCUT2D eigenvalue weighted by atomic mass is 10.2. The minimum atomic E-state index is -3.73. The first kappa shape index (κ1) is 14.7. The second kappa shape index (κ2) is 5.98. The van der Waals surface area contributed by atoms with E-state index in [0.29, 0.717) is 15.6 Å². The van der Waals surface area contributed by atoms with Crippen LogP contribution in [0.2, 0.25) is 10.0 Å². The summed E-state index contributed by atoms with van der Waals surface area (Å²) >= 11 is 11.8. The van der Waals surface area contributed by atoms with E-state index < -0.39 is 13.1 Å². The molecule has 0 amide bonds. The highest BCUT2D eigenvalue weighted by molar-refractivity contribution is 7.71. The summed E-state index contributed by atoms with van der Waals surface area (Å²) < 4.78 is 21.0. The van der Waals surface area contributed by atoms with E-state index in [1.165, 1.54) is 0 Å². The lowest BCUT2D eigenvalue weighted by Gasteiger charge is -2.13. The van der Waals surface area contributed by atoms with E-state index in [0.717, 1.165) is 14.2 Å². The summed E-state index contributed by atoms with van der Waals surface area (Å²) in [6, 6.07) is 4.85. The molecule has 0 saturated heterocycles. The fourth-order valence-corrected chi connectivity index (χ4v) is 2.67. The Balaban J connectivity index is 3.00. The van der Waals surface area contributed by atoms with Crippen molar-refractivity contribution in [2.45, 2.75) is 6.42 Å². The number of carbonyl (C=O) groups is 1. The van der Waals surface area contributed by atoms with Crippen LogP contribution < -0.4 is 0 Å². The summed E-state index contributed by atoms with van der Waals surface area (Å²) in [5.74, 6) is 0. The summed E-state index contributed by atoms with van der Waals surface area (Å²) in [4.78, 5) is 11.8. The van der Waals surface area contributed by atoms with Crippen molar-refractivity contribution in [3.05, 3.63) is 33.8 Å². The SMILES string of the molecule is COP(=O)(OC)C(=O)Cc1c(Cl)cccc1Cl. The maximum Gasteiger partial charge on any atom is 0.396 e. The second-order valence-electron chi connectivity index (χ2n) is 3.13. The van der Waals surface area contributed by atoms with Gasteiger partial charge in [-0.15, -0.1) is 0 Å². The topological polar surface area (TPSA) is 52.6 Å². The Labute approximate surface area is 109 Å². The molecule has 7 heteroatoms. The Morgan fingerprint density at radius 3 is 2.12 bits per heavy atom. The molecule has 4 nitrogen and oxygen atoms in total. The van der Waals surface area contributed by atoms with Gasteiger partial charge in [-0.3, -0.25) is 9.36 Å². The summed E-state index contributed by atoms with van der Waals surface area (Å²) in [7, 11) is -1.44. The predicted octanol–water partition coefficient (Wildman–Crippen LogP) is 3.55. The molecule has 0 bridgehead atoms. The second-order valence-corrected chi connectivity index (χ2v) is 6.17. The van der Waals surface area contributed by atoms with Gasteiger partial charge in [-0.1, -0.05) is 29.3 Å². The monoisotopic (exact) mass is 296 g/mol. The van der Waals surface area contributed by atoms with E-state index in [1.54, 1.807) is 18.2 Å². The van der Waals surface area contributed by atoms with E-state index in [-0.39, 0.29) is 6.42 Å². The number of rotatable bonds is 5. The van der Waals surface area contributed by atoms with Crippen LogP contribution in [0.5, 0.6) is 0 Å². The fourth-order valence-electron chi connectivity index (χ4n) is 1.23.